The normalized spacial score (nSPS) is 19.0. The number of nitrogens with zero attached hydrogens (tertiary/aromatic N) is 10. The van der Waals surface area contributed by atoms with Crippen molar-refractivity contribution < 1.29 is 23.2 Å². The van der Waals surface area contributed by atoms with Crippen molar-refractivity contribution in [3.05, 3.63) is 60.3 Å². The largest absolute Gasteiger partial charge is 0.461 e. The molecule has 4 N–H and O–H groups in total. The Hall–Kier alpha value is -6.13. The van der Waals surface area contributed by atoms with Gasteiger partial charge in [0.2, 0.25) is 23.5 Å². The van der Waals surface area contributed by atoms with E-state index >= 15 is 0 Å². The zero-order valence-corrected chi connectivity index (χ0v) is 24.2. The van der Waals surface area contributed by atoms with Crippen molar-refractivity contribution in [2.24, 2.45) is 0 Å². The molecule has 2 unspecified atom stereocenters. The molecular weight excluding hydrogens is 596 g/mol. The quantitative estimate of drug-likeness (QED) is 0.289. The van der Waals surface area contributed by atoms with Gasteiger partial charge in [0.1, 0.15) is 11.6 Å². The molecule has 2 amide bonds. The van der Waals surface area contributed by atoms with Crippen LogP contribution in [0.1, 0.15) is 49.2 Å². The van der Waals surface area contributed by atoms with Crippen LogP contribution in [0.15, 0.2) is 57.8 Å². The second kappa shape index (κ2) is 10.5. The number of rotatable bonds is 4. The number of ketones is 2. The highest BCUT2D eigenvalue weighted by Crippen LogP contribution is 2.36. The van der Waals surface area contributed by atoms with Crippen LogP contribution in [0.3, 0.4) is 0 Å². The highest BCUT2D eigenvalue weighted by Gasteiger charge is 2.40. The highest BCUT2D eigenvalue weighted by molar-refractivity contribution is 5.86. The number of carbonyl (C=O) groups is 3. The monoisotopic (exact) mass is 622 g/mol. The molecule has 17 nitrogen and oxygen atoms in total. The molecule has 6 aromatic rings. The second-order valence-electron chi connectivity index (χ2n) is 11.1. The minimum Gasteiger partial charge on any atom is -0.461 e. The van der Waals surface area contributed by atoms with E-state index < -0.39 is 12.1 Å². The van der Waals surface area contributed by atoms with Crippen LogP contribution in [0.5, 0.6) is 0 Å². The second-order valence-corrected chi connectivity index (χ2v) is 11.1. The summed E-state index contributed by atoms with van der Waals surface area (Å²) in [5, 5.41) is 8.76. The van der Waals surface area contributed by atoms with Gasteiger partial charge in [0.15, 0.2) is 22.8 Å². The first-order chi connectivity index (χ1) is 22.3. The number of hydrogen-bond donors (Lipinski definition) is 2. The number of furan rings is 2. The predicted octanol–water partition coefficient (Wildman–Crippen LogP) is 2.48. The first-order valence-electron chi connectivity index (χ1n) is 14.6. The van der Waals surface area contributed by atoms with Gasteiger partial charge in [-0.2, -0.15) is 9.03 Å². The predicted molar refractivity (Wildman–Crippen MR) is 159 cm³/mol. The molecule has 8 rings (SSSR count). The van der Waals surface area contributed by atoms with E-state index in [4.69, 9.17) is 20.3 Å². The summed E-state index contributed by atoms with van der Waals surface area (Å²) in [5.74, 6) is 1.59. The number of piperidine rings is 2. The molecule has 0 aliphatic carbocycles. The Morgan fingerprint density at radius 1 is 0.717 bits per heavy atom. The lowest BCUT2D eigenvalue weighted by atomic mass is 9.96. The third-order valence-corrected chi connectivity index (χ3v) is 8.25. The van der Waals surface area contributed by atoms with Crippen LogP contribution in [0.25, 0.3) is 34.5 Å². The Balaban J connectivity index is 1.14. The van der Waals surface area contributed by atoms with Gasteiger partial charge in [-0.1, -0.05) is 0 Å². The van der Waals surface area contributed by atoms with Crippen molar-refractivity contribution in [2.75, 3.05) is 24.6 Å². The number of nitrogen functional groups attached to an aromatic ring is 2. The molecule has 17 heteroatoms. The maximum absolute atomic E-state index is 14.4. The minimum atomic E-state index is -0.726. The van der Waals surface area contributed by atoms with Gasteiger partial charge >= 0.3 is 6.03 Å². The Bertz CT molecular complexity index is 1980. The zero-order valence-electron chi connectivity index (χ0n) is 24.2. The van der Waals surface area contributed by atoms with E-state index in [-0.39, 0.29) is 68.3 Å². The first-order valence-corrected chi connectivity index (χ1v) is 14.6. The third-order valence-electron chi connectivity index (χ3n) is 8.25. The van der Waals surface area contributed by atoms with Crippen molar-refractivity contribution in [1.82, 2.24) is 49.0 Å². The van der Waals surface area contributed by atoms with E-state index in [1.165, 1.54) is 21.6 Å². The Labute approximate surface area is 258 Å². The number of nitrogens with two attached hydrogens (primary N) is 2. The van der Waals surface area contributed by atoms with Gasteiger partial charge in [-0.25, -0.2) is 24.7 Å². The molecule has 0 saturated carbocycles. The topological polar surface area (TPSA) is 222 Å². The van der Waals surface area contributed by atoms with Gasteiger partial charge in [-0.15, -0.1) is 10.2 Å². The summed E-state index contributed by atoms with van der Waals surface area (Å²) in [6, 6.07) is 8.39. The zero-order chi connectivity index (χ0) is 31.5. The third kappa shape index (κ3) is 4.59. The number of Topliss-reactive ketones (excluding diaryl/α,β-unsaturated/α-hetero) is 2. The Morgan fingerprint density at radius 2 is 1.17 bits per heavy atom. The molecule has 2 saturated heterocycles. The van der Waals surface area contributed by atoms with Crippen LogP contribution >= 0.6 is 0 Å². The molecule has 0 spiro atoms. The van der Waals surface area contributed by atoms with Crippen molar-refractivity contribution in [1.29, 1.82) is 0 Å². The summed E-state index contributed by atoms with van der Waals surface area (Å²) >= 11 is 0. The Kier molecular flexibility index (Phi) is 6.26. The smallest absolute Gasteiger partial charge is 0.321 e. The number of aromatic nitrogens is 8. The number of carbonyl (C=O) groups excluding carboxylic acids is 3. The van der Waals surface area contributed by atoms with Crippen LogP contribution in [-0.2, 0) is 9.59 Å². The highest BCUT2D eigenvalue weighted by atomic mass is 16.3. The van der Waals surface area contributed by atoms with E-state index in [2.05, 4.69) is 30.1 Å². The van der Waals surface area contributed by atoms with Gasteiger partial charge in [0, 0.05) is 50.9 Å². The lowest BCUT2D eigenvalue weighted by molar-refractivity contribution is -0.123. The van der Waals surface area contributed by atoms with Gasteiger partial charge < -0.3 is 30.1 Å². The van der Waals surface area contributed by atoms with Crippen LogP contribution in [0, 0.1) is 0 Å². The maximum atomic E-state index is 14.4. The molecule has 2 fully saturated rings. The summed E-state index contributed by atoms with van der Waals surface area (Å²) < 4.78 is 13.6. The average Bonchev–Trinajstić information content (AvgIpc) is 3.87. The summed E-state index contributed by atoms with van der Waals surface area (Å²) in [4.78, 5) is 61.1. The fourth-order valence-corrected chi connectivity index (χ4v) is 6.03. The molecule has 46 heavy (non-hydrogen) atoms. The summed E-state index contributed by atoms with van der Waals surface area (Å²) in [7, 11) is 0. The van der Waals surface area contributed by atoms with Gasteiger partial charge in [-0.05, 0) is 24.3 Å². The molecule has 232 valence electrons. The molecule has 2 aliphatic rings. The van der Waals surface area contributed by atoms with Crippen molar-refractivity contribution >= 4 is 40.8 Å². The summed E-state index contributed by atoms with van der Waals surface area (Å²) in [6.07, 6.45) is 3.46. The van der Waals surface area contributed by atoms with Gasteiger partial charge in [0.05, 0.1) is 36.0 Å². The number of fused-ring (bicyclic) bond motifs is 2. The molecule has 6 aromatic heterocycles. The van der Waals surface area contributed by atoms with E-state index in [0.717, 1.165) is 0 Å². The molecular formula is C29H26N12O5. The standard InChI is InChI=1S/C29H26N12O5/c30-27-32-17(13-23-34-25(36-40(23)27)21-3-1-9-45-21)19-11-15(42)5-7-38(19)29(44)39-8-6-16(43)12-20(39)18-14-24-35-26(22-4-2-10-46-22)37-41(24)28(31)33-18/h1-4,9-10,13-14,19-20H,5-8,11-12H2,(H2,30,32)(H2,31,33). The first kappa shape index (κ1) is 27.4. The van der Waals surface area contributed by atoms with Crippen LogP contribution < -0.4 is 11.5 Å². The minimum absolute atomic E-state index is 0.0172. The Morgan fingerprint density at radius 3 is 1.59 bits per heavy atom. The van der Waals surface area contributed by atoms with E-state index in [9.17, 15) is 14.4 Å². The SMILES string of the molecule is Nc1nc(C2CC(=O)CCN2C(=O)N2CCC(=O)CC2c2cc3nc(-c4ccco4)nn3c(N)n2)cc2nc(-c3ccco3)nn12. The molecule has 0 bridgehead atoms. The number of anilines is 2. The van der Waals surface area contributed by atoms with E-state index in [1.807, 2.05) is 0 Å². The van der Waals surface area contributed by atoms with Crippen LogP contribution in [-0.4, -0.2) is 79.7 Å². The maximum Gasteiger partial charge on any atom is 0.321 e. The number of hydrogen-bond acceptors (Lipinski definition) is 13. The van der Waals surface area contributed by atoms with E-state index in [1.54, 1.807) is 46.2 Å². The van der Waals surface area contributed by atoms with Gasteiger partial charge in [0.25, 0.3) is 0 Å². The fraction of sp³-hybridized carbons (Fsp3) is 0.276. The summed E-state index contributed by atoms with van der Waals surface area (Å²) in [5.41, 5.74) is 14.1. The molecule has 0 aromatic carbocycles. The summed E-state index contributed by atoms with van der Waals surface area (Å²) in [6.45, 7) is 0.309. The van der Waals surface area contributed by atoms with Crippen LogP contribution in [0.2, 0.25) is 0 Å². The van der Waals surface area contributed by atoms with Crippen molar-refractivity contribution in [3.8, 4) is 23.2 Å². The lowest BCUT2D eigenvalue weighted by Gasteiger charge is -2.42. The fourth-order valence-electron chi connectivity index (χ4n) is 6.03. The van der Waals surface area contributed by atoms with E-state index in [0.29, 0.717) is 45.9 Å². The average molecular weight is 623 g/mol. The van der Waals surface area contributed by atoms with Crippen molar-refractivity contribution in [2.45, 2.75) is 37.8 Å². The number of amides is 2. The molecule has 2 atom stereocenters. The van der Waals surface area contributed by atoms with Crippen molar-refractivity contribution in [3.63, 3.8) is 0 Å². The van der Waals surface area contributed by atoms with Crippen LogP contribution in [0.4, 0.5) is 16.7 Å². The molecule has 8 heterocycles. The molecule has 0 radical (unpaired) electrons. The number of likely N-dealkylation sites (tertiary alicyclic amines) is 2. The number of urea groups is 1. The van der Waals surface area contributed by atoms with Gasteiger partial charge in [-0.3, -0.25) is 9.59 Å². The molecule has 2 aliphatic heterocycles. The lowest BCUT2D eigenvalue weighted by Crippen LogP contribution is -2.52.